The first kappa shape index (κ1) is 27.8. The summed E-state index contributed by atoms with van der Waals surface area (Å²) >= 11 is 0. The molecule has 5 rings (SSSR count). The predicted molar refractivity (Wildman–Crippen MR) is 148 cm³/mol. The molecule has 3 saturated heterocycles. The summed E-state index contributed by atoms with van der Waals surface area (Å²) in [5.74, 6) is 2.35. The van der Waals surface area contributed by atoms with Crippen molar-refractivity contribution >= 4 is 5.91 Å². The first-order valence-corrected chi connectivity index (χ1v) is 15.7. The molecule has 0 aromatic carbocycles. The van der Waals surface area contributed by atoms with E-state index in [0.717, 1.165) is 70.1 Å². The Morgan fingerprint density at radius 1 is 1.03 bits per heavy atom. The number of ether oxygens (including phenoxy) is 1. The monoisotopic (exact) mass is 518 g/mol. The summed E-state index contributed by atoms with van der Waals surface area (Å²) < 4.78 is 6.29. The first-order valence-electron chi connectivity index (χ1n) is 15.7. The Kier molecular flexibility index (Phi) is 10.2. The summed E-state index contributed by atoms with van der Waals surface area (Å²) in [6.45, 7) is 11.3. The van der Waals surface area contributed by atoms with Crippen molar-refractivity contribution in [3.8, 4) is 0 Å². The highest BCUT2D eigenvalue weighted by molar-refractivity contribution is 5.81. The van der Waals surface area contributed by atoms with E-state index < -0.39 is 0 Å². The number of amides is 1. The van der Waals surface area contributed by atoms with E-state index in [1.807, 2.05) is 0 Å². The van der Waals surface area contributed by atoms with E-state index in [1.165, 1.54) is 51.6 Å². The van der Waals surface area contributed by atoms with E-state index in [0.29, 0.717) is 18.0 Å². The van der Waals surface area contributed by atoms with Crippen molar-refractivity contribution in [2.75, 3.05) is 39.3 Å². The van der Waals surface area contributed by atoms with Gasteiger partial charge in [0.2, 0.25) is 5.91 Å². The molecule has 2 saturated carbocycles. The van der Waals surface area contributed by atoms with Crippen LogP contribution in [0.3, 0.4) is 0 Å². The Labute approximate surface area is 225 Å². The summed E-state index contributed by atoms with van der Waals surface area (Å²) in [7, 11) is 0. The molecule has 3 heterocycles. The Balaban J connectivity index is 1.05. The van der Waals surface area contributed by atoms with Gasteiger partial charge in [0.15, 0.2) is 0 Å². The molecule has 8 unspecified atom stereocenters. The molecule has 5 N–H and O–H groups in total. The predicted octanol–water partition coefficient (Wildman–Crippen LogP) is 2.15. The summed E-state index contributed by atoms with van der Waals surface area (Å²) in [6.07, 6.45) is 12.9. The summed E-state index contributed by atoms with van der Waals surface area (Å²) in [6, 6.07) is 1.21. The second-order valence-electron chi connectivity index (χ2n) is 12.9. The Morgan fingerprint density at radius 2 is 1.92 bits per heavy atom. The number of nitrogens with one attached hydrogen (secondary N) is 5. The Hall–Kier alpha value is -0.770. The number of hydrogen-bond donors (Lipinski definition) is 5. The van der Waals surface area contributed by atoms with Gasteiger partial charge in [0.1, 0.15) is 12.4 Å². The minimum Gasteiger partial charge on any atom is -0.364 e. The summed E-state index contributed by atoms with van der Waals surface area (Å²) in [5, 5.41) is 18.3. The highest BCUT2D eigenvalue weighted by Gasteiger charge is 2.37. The molecule has 5 fully saturated rings. The van der Waals surface area contributed by atoms with Crippen LogP contribution in [-0.2, 0) is 9.53 Å². The van der Waals surface area contributed by atoms with Crippen LogP contribution in [0, 0.1) is 17.8 Å². The van der Waals surface area contributed by atoms with Crippen LogP contribution < -0.4 is 26.6 Å². The fourth-order valence-electron chi connectivity index (χ4n) is 7.19. The smallest absolute Gasteiger partial charge is 0.249 e. The lowest BCUT2D eigenvalue weighted by atomic mass is 9.82. The summed E-state index contributed by atoms with van der Waals surface area (Å²) in [4.78, 5) is 15.7. The van der Waals surface area contributed by atoms with Gasteiger partial charge >= 0.3 is 0 Å². The fraction of sp³-hybridized carbons (Fsp3) is 0.966. The van der Waals surface area contributed by atoms with Crippen molar-refractivity contribution < 1.29 is 9.53 Å². The third-order valence-electron chi connectivity index (χ3n) is 9.63. The van der Waals surface area contributed by atoms with Crippen molar-refractivity contribution in [1.29, 1.82) is 0 Å². The van der Waals surface area contributed by atoms with Crippen LogP contribution in [0.25, 0.3) is 0 Å². The van der Waals surface area contributed by atoms with E-state index in [-0.39, 0.29) is 30.4 Å². The van der Waals surface area contributed by atoms with Gasteiger partial charge in [-0.25, -0.2) is 0 Å². The third kappa shape index (κ3) is 8.12. The lowest BCUT2D eigenvalue weighted by molar-refractivity contribution is -0.133. The van der Waals surface area contributed by atoms with Crippen LogP contribution in [0.1, 0.15) is 84.5 Å². The van der Waals surface area contributed by atoms with E-state index in [4.69, 9.17) is 4.74 Å². The maximum Gasteiger partial charge on any atom is 0.249 e. The second kappa shape index (κ2) is 13.5. The van der Waals surface area contributed by atoms with Gasteiger partial charge in [0.05, 0.1) is 6.10 Å². The van der Waals surface area contributed by atoms with Gasteiger partial charge in [-0.05, 0) is 115 Å². The molecule has 8 atom stereocenters. The quantitative estimate of drug-likeness (QED) is 0.286. The molecule has 0 spiro atoms. The number of carbonyl (C=O) groups is 1. The van der Waals surface area contributed by atoms with Crippen LogP contribution >= 0.6 is 0 Å². The molecule has 1 amide bonds. The maximum absolute atomic E-state index is 13.2. The van der Waals surface area contributed by atoms with Crippen LogP contribution in [0.5, 0.6) is 0 Å². The number of hydrogen-bond acceptors (Lipinski definition) is 7. The minimum atomic E-state index is -0.272. The molecule has 37 heavy (non-hydrogen) atoms. The highest BCUT2D eigenvalue weighted by atomic mass is 16.5. The molecule has 5 aliphatic rings. The van der Waals surface area contributed by atoms with E-state index in [1.54, 1.807) is 0 Å². The third-order valence-corrected chi connectivity index (χ3v) is 9.63. The van der Waals surface area contributed by atoms with Gasteiger partial charge < -0.3 is 20.3 Å². The number of nitrogens with zero attached hydrogens (tertiary/aromatic N) is 1. The van der Waals surface area contributed by atoms with Crippen molar-refractivity contribution in [2.24, 2.45) is 17.8 Å². The summed E-state index contributed by atoms with van der Waals surface area (Å²) in [5.41, 5.74) is 0. The topological polar surface area (TPSA) is 89.7 Å². The molecular weight excluding hydrogens is 464 g/mol. The van der Waals surface area contributed by atoms with Crippen LogP contribution in [0.15, 0.2) is 0 Å². The van der Waals surface area contributed by atoms with E-state index in [9.17, 15) is 4.79 Å². The van der Waals surface area contributed by atoms with E-state index in [2.05, 4.69) is 45.3 Å². The average molecular weight is 519 g/mol. The Morgan fingerprint density at radius 3 is 2.70 bits per heavy atom. The number of rotatable bonds is 11. The lowest BCUT2D eigenvalue weighted by Crippen LogP contribution is -2.66. The lowest BCUT2D eigenvalue weighted by Gasteiger charge is -2.42. The molecule has 8 heteroatoms. The van der Waals surface area contributed by atoms with Gasteiger partial charge in [-0.1, -0.05) is 13.8 Å². The van der Waals surface area contributed by atoms with Gasteiger partial charge in [-0.2, -0.15) is 0 Å². The van der Waals surface area contributed by atoms with Crippen LogP contribution in [0.4, 0.5) is 0 Å². The largest absolute Gasteiger partial charge is 0.364 e. The van der Waals surface area contributed by atoms with Crippen molar-refractivity contribution in [1.82, 2.24) is 31.5 Å². The van der Waals surface area contributed by atoms with Gasteiger partial charge in [0, 0.05) is 31.2 Å². The standard InChI is InChI=1S/C29H54N6O2/c1-3-15-35(18-21-7-8-21)19-24-10-11-27(37-24)28(36)32-23-9-6-20(2)26(16-23)34-29-31-14-12-25(33-29)22-5-4-13-30-17-22/h20-27,29-31,33-34H,3-19H2,1-2H3,(H,32,36). The van der Waals surface area contributed by atoms with Crippen LogP contribution in [0.2, 0.25) is 0 Å². The zero-order chi connectivity index (χ0) is 25.6. The molecule has 2 aliphatic carbocycles. The zero-order valence-corrected chi connectivity index (χ0v) is 23.5. The highest BCUT2D eigenvalue weighted by Crippen LogP contribution is 2.31. The molecule has 0 aromatic rings. The molecule has 212 valence electrons. The molecular formula is C29H54N6O2. The van der Waals surface area contributed by atoms with Gasteiger partial charge in [-0.15, -0.1) is 0 Å². The number of carbonyl (C=O) groups excluding carboxylic acids is 1. The molecule has 3 aliphatic heterocycles. The van der Waals surface area contributed by atoms with Gasteiger partial charge in [0.25, 0.3) is 0 Å². The normalized spacial score (nSPS) is 39.1. The zero-order valence-electron chi connectivity index (χ0n) is 23.5. The minimum absolute atomic E-state index is 0.115. The van der Waals surface area contributed by atoms with Crippen molar-refractivity contribution in [3.63, 3.8) is 0 Å². The van der Waals surface area contributed by atoms with Crippen molar-refractivity contribution in [2.45, 2.75) is 121 Å². The maximum atomic E-state index is 13.2. The Bertz CT molecular complexity index is 715. The van der Waals surface area contributed by atoms with E-state index >= 15 is 0 Å². The molecule has 8 nitrogen and oxygen atoms in total. The molecule has 0 aromatic heterocycles. The first-order chi connectivity index (χ1) is 18.1. The molecule has 0 radical (unpaired) electrons. The average Bonchev–Trinajstić information content (AvgIpc) is 3.60. The van der Waals surface area contributed by atoms with Crippen LogP contribution in [-0.4, -0.2) is 86.7 Å². The SMILES string of the molecule is CCCN(CC1CC1)CC1CCC(C(=O)NC2CCC(C)C(NC3NCCC(C4CCCNC4)N3)C2)O1. The van der Waals surface area contributed by atoms with Crippen molar-refractivity contribution in [3.05, 3.63) is 0 Å². The fourth-order valence-corrected chi connectivity index (χ4v) is 7.19. The van der Waals surface area contributed by atoms with Gasteiger partial charge in [-0.3, -0.25) is 20.7 Å². The molecule has 0 bridgehead atoms. The second-order valence-corrected chi connectivity index (χ2v) is 12.9. The number of piperidine rings is 1.